The monoisotopic (exact) mass is 207 g/mol. The Morgan fingerprint density at radius 2 is 2.07 bits per heavy atom. The highest BCUT2D eigenvalue weighted by Crippen LogP contribution is 2.12. The van der Waals surface area contributed by atoms with E-state index in [4.69, 9.17) is 5.73 Å². The van der Waals surface area contributed by atoms with Gasteiger partial charge in [0, 0.05) is 6.08 Å². The van der Waals surface area contributed by atoms with Crippen molar-refractivity contribution in [1.82, 2.24) is 0 Å². The van der Waals surface area contributed by atoms with E-state index in [0.29, 0.717) is 5.56 Å². The summed E-state index contributed by atoms with van der Waals surface area (Å²) >= 11 is 0. The number of hydrogen-bond donors (Lipinski definition) is 1. The number of nitrogens with two attached hydrogens (primary N) is 1. The van der Waals surface area contributed by atoms with Crippen LogP contribution in [-0.4, -0.2) is 11.7 Å². The molecule has 0 aliphatic rings. The molecule has 1 aromatic carbocycles. The second-order valence-electron chi connectivity index (χ2n) is 3.03. The average molecular weight is 207 g/mol. The first kappa shape index (κ1) is 11.1. The molecule has 1 aromatic rings. The topological polar surface area (TPSA) is 60.2 Å². The number of halogens is 1. The first-order valence-electron chi connectivity index (χ1n) is 4.28. The van der Waals surface area contributed by atoms with Crippen LogP contribution in [0.5, 0.6) is 0 Å². The van der Waals surface area contributed by atoms with Crippen molar-refractivity contribution < 1.29 is 14.0 Å². The predicted molar refractivity (Wildman–Crippen MR) is 54.6 cm³/mol. The van der Waals surface area contributed by atoms with Crippen molar-refractivity contribution in [3.8, 4) is 0 Å². The normalized spacial score (nSPS) is 10.5. The van der Waals surface area contributed by atoms with Gasteiger partial charge in [-0.25, -0.2) is 4.39 Å². The number of carbonyl (C=O) groups excluding carboxylic acids is 2. The van der Waals surface area contributed by atoms with Crippen LogP contribution in [0.4, 0.5) is 4.39 Å². The van der Waals surface area contributed by atoms with Crippen molar-refractivity contribution in [1.29, 1.82) is 0 Å². The molecule has 0 saturated carbocycles. The molecule has 1 rings (SSSR count). The molecule has 3 nitrogen and oxygen atoms in total. The fourth-order valence-electron chi connectivity index (χ4n) is 1.09. The van der Waals surface area contributed by atoms with E-state index in [1.807, 2.05) is 0 Å². The average Bonchev–Trinajstić information content (AvgIpc) is 2.16. The van der Waals surface area contributed by atoms with Gasteiger partial charge in [-0.3, -0.25) is 9.59 Å². The molecule has 0 saturated heterocycles. The summed E-state index contributed by atoms with van der Waals surface area (Å²) in [6, 6.07) is 4.01. The summed E-state index contributed by atoms with van der Waals surface area (Å²) in [7, 11) is 0. The molecule has 15 heavy (non-hydrogen) atoms. The fraction of sp³-hybridized carbons (Fsp3) is 0.0909. The maximum atomic E-state index is 13.1. The van der Waals surface area contributed by atoms with Gasteiger partial charge >= 0.3 is 0 Å². The lowest BCUT2D eigenvalue weighted by Crippen LogP contribution is -2.05. The van der Waals surface area contributed by atoms with Gasteiger partial charge in [-0.05, 0) is 30.7 Å². The third kappa shape index (κ3) is 3.02. The van der Waals surface area contributed by atoms with Gasteiger partial charge < -0.3 is 5.73 Å². The Hall–Kier alpha value is -1.97. The fourth-order valence-corrected chi connectivity index (χ4v) is 1.09. The molecule has 0 aliphatic heterocycles. The van der Waals surface area contributed by atoms with Crippen molar-refractivity contribution in [3.63, 3.8) is 0 Å². The largest absolute Gasteiger partial charge is 0.366 e. The number of hydrogen-bond acceptors (Lipinski definition) is 2. The molecule has 1 amide bonds. The summed E-state index contributed by atoms with van der Waals surface area (Å²) in [5, 5.41) is 0. The van der Waals surface area contributed by atoms with Crippen LogP contribution >= 0.6 is 0 Å². The highest BCUT2D eigenvalue weighted by molar-refractivity contribution is 5.95. The highest BCUT2D eigenvalue weighted by atomic mass is 19.1. The quantitative estimate of drug-likeness (QED) is 0.603. The number of Topliss-reactive ketones (excluding diaryl/α,β-unsaturated/α-hetero) is 1. The van der Waals surface area contributed by atoms with Crippen LogP contribution in [0.1, 0.15) is 22.8 Å². The molecule has 0 aromatic heterocycles. The molecule has 0 fully saturated rings. The molecule has 2 N–H and O–H groups in total. The van der Waals surface area contributed by atoms with Crippen molar-refractivity contribution in [2.45, 2.75) is 6.92 Å². The molecule has 78 valence electrons. The molecule has 0 heterocycles. The molecular formula is C11H10FNO2. The second-order valence-corrected chi connectivity index (χ2v) is 3.03. The number of rotatable bonds is 3. The smallest absolute Gasteiger partial charge is 0.241 e. The van der Waals surface area contributed by atoms with Gasteiger partial charge in [0.1, 0.15) is 5.82 Å². The number of carbonyl (C=O) groups is 2. The van der Waals surface area contributed by atoms with Crippen LogP contribution in [0.3, 0.4) is 0 Å². The van der Waals surface area contributed by atoms with Crippen molar-refractivity contribution in [3.05, 3.63) is 41.2 Å². The SMILES string of the molecule is CC(=O)c1cc(C=CC(N)=O)ccc1F. The van der Waals surface area contributed by atoms with Gasteiger partial charge in [-0.1, -0.05) is 6.07 Å². The predicted octanol–water partition coefficient (Wildman–Crippen LogP) is 1.53. The van der Waals surface area contributed by atoms with Gasteiger partial charge in [-0.15, -0.1) is 0 Å². The Bertz CT molecular complexity index is 438. The molecule has 4 heteroatoms. The molecule has 0 atom stereocenters. The van der Waals surface area contributed by atoms with Gasteiger partial charge in [-0.2, -0.15) is 0 Å². The van der Waals surface area contributed by atoms with E-state index < -0.39 is 11.7 Å². The van der Waals surface area contributed by atoms with Crippen LogP contribution in [-0.2, 0) is 4.79 Å². The highest BCUT2D eigenvalue weighted by Gasteiger charge is 2.06. The lowest BCUT2D eigenvalue weighted by atomic mass is 10.1. The lowest BCUT2D eigenvalue weighted by Gasteiger charge is -1.99. The molecular weight excluding hydrogens is 197 g/mol. The van der Waals surface area contributed by atoms with Crippen LogP contribution in [0.2, 0.25) is 0 Å². The van der Waals surface area contributed by atoms with E-state index in [1.165, 1.54) is 31.2 Å². The maximum Gasteiger partial charge on any atom is 0.241 e. The Morgan fingerprint density at radius 1 is 1.40 bits per heavy atom. The van der Waals surface area contributed by atoms with Gasteiger partial charge in [0.25, 0.3) is 0 Å². The van der Waals surface area contributed by atoms with E-state index in [0.717, 1.165) is 6.08 Å². The van der Waals surface area contributed by atoms with Crippen LogP contribution in [0.25, 0.3) is 6.08 Å². The number of primary amides is 1. The zero-order valence-electron chi connectivity index (χ0n) is 8.16. The van der Waals surface area contributed by atoms with Gasteiger partial charge in [0.2, 0.25) is 5.91 Å². The number of amides is 1. The van der Waals surface area contributed by atoms with Crippen LogP contribution < -0.4 is 5.73 Å². The van der Waals surface area contributed by atoms with E-state index in [-0.39, 0.29) is 11.3 Å². The Labute approximate surface area is 86.4 Å². The molecule has 0 aliphatic carbocycles. The Balaban J connectivity index is 3.08. The van der Waals surface area contributed by atoms with Gasteiger partial charge in [0.15, 0.2) is 5.78 Å². The van der Waals surface area contributed by atoms with E-state index in [2.05, 4.69) is 0 Å². The second kappa shape index (κ2) is 4.50. The van der Waals surface area contributed by atoms with Crippen LogP contribution in [0.15, 0.2) is 24.3 Å². The third-order valence-corrected chi connectivity index (χ3v) is 1.81. The van der Waals surface area contributed by atoms with Crippen molar-refractivity contribution in [2.75, 3.05) is 0 Å². The third-order valence-electron chi connectivity index (χ3n) is 1.81. The first-order valence-corrected chi connectivity index (χ1v) is 4.28. The zero-order chi connectivity index (χ0) is 11.4. The summed E-state index contributed by atoms with van der Waals surface area (Å²) in [5.41, 5.74) is 5.46. The van der Waals surface area contributed by atoms with E-state index >= 15 is 0 Å². The molecule has 0 bridgehead atoms. The summed E-state index contributed by atoms with van der Waals surface area (Å²) in [6.07, 6.45) is 2.57. The Morgan fingerprint density at radius 3 is 2.60 bits per heavy atom. The summed E-state index contributed by atoms with van der Waals surface area (Å²) < 4.78 is 13.1. The zero-order valence-corrected chi connectivity index (χ0v) is 8.16. The summed E-state index contributed by atoms with van der Waals surface area (Å²) in [4.78, 5) is 21.5. The molecule has 0 spiro atoms. The molecule has 0 radical (unpaired) electrons. The lowest BCUT2D eigenvalue weighted by molar-refractivity contribution is -0.113. The van der Waals surface area contributed by atoms with Gasteiger partial charge in [0.05, 0.1) is 5.56 Å². The van der Waals surface area contributed by atoms with E-state index in [9.17, 15) is 14.0 Å². The minimum atomic E-state index is -0.594. The van der Waals surface area contributed by atoms with Crippen molar-refractivity contribution >= 4 is 17.8 Å². The standard InChI is InChI=1S/C11H10FNO2/c1-7(14)9-6-8(2-4-10(9)12)3-5-11(13)15/h2-6H,1H3,(H2,13,15). The van der Waals surface area contributed by atoms with E-state index in [1.54, 1.807) is 0 Å². The maximum absolute atomic E-state index is 13.1. The number of ketones is 1. The summed E-state index contributed by atoms with van der Waals surface area (Å²) in [5.74, 6) is -1.52. The minimum absolute atomic E-state index is 0.00150. The summed E-state index contributed by atoms with van der Waals surface area (Å²) in [6.45, 7) is 1.28. The Kier molecular flexibility index (Phi) is 3.33. The minimum Gasteiger partial charge on any atom is -0.366 e. The van der Waals surface area contributed by atoms with Crippen molar-refractivity contribution in [2.24, 2.45) is 5.73 Å². The first-order chi connectivity index (χ1) is 7.00. The molecule has 0 unspecified atom stereocenters. The van der Waals surface area contributed by atoms with Crippen LogP contribution in [0, 0.1) is 5.82 Å². The number of benzene rings is 1.